The van der Waals surface area contributed by atoms with E-state index < -0.39 is 0 Å². The van der Waals surface area contributed by atoms with Crippen molar-refractivity contribution in [2.45, 2.75) is 0 Å². The van der Waals surface area contributed by atoms with Crippen LogP contribution in [0.25, 0.3) is 10.6 Å². The second kappa shape index (κ2) is 4.03. The fourth-order valence-electron chi connectivity index (χ4n) is 0.951. The summed E-state index contributed by atoms with van der Waals surface area (Å²) in [5, 5.41) is 9.34. The van der Waals surface area contributed by atoms with Crippen LogP contribution in [0.5, 0.6) is 0 Å². The molecule has 1 aromatic heterocycles. The number of benzene rings is 1. The molecule has 0 saturated heterocycles. The minimum absolute atomic E-state index is 0.408. The molecule has 0 aliphatic rings. The molecule has 0 amide bonds. The molecule has 0 atom stereocenters. The van der Waals surface area contributed by atoms with E-state index >= 15 is 0 Å². The summed E-state index contributed by atoms with van der Waals surface area (Å²) in [6.45, 7) is 0. The van der Waals surface area contributed by atoms with E-state index in [9.17, 15) is 0 Å². The Morgan fingerprint density at radius 2 is 1.79 bits per heavy atom. The lowest BCUT2D eigenvalue weighted by Crippen LogP contribution is -1.77. The summed E-state index contributed by atoms with van der Waals surface area (Å²) >= 11 is 18.6. The Hall–Kier alpha value is -0.350. The fourth-order valence-corrected chi connectivity index (χ4v) is 2.07. The molecular formula is C8H3Cl3N2S. The van der Waals surface area contributed by atoms with Gasteiger partial charge in [-0.2, -0.15) is 0 Å². The third-order valence-electron chi connectivity index (χ3n) is 1.57. The van der Waals surface area contributed by atoms with Crippen LogP contribution >= 0.6 is 46.1 Å². The lowest BCUT2D eigenvalue weighted by atomic mass is 10.2. The Bertz CT molecular complexity index is 469. The third-order valence-corrected chi connectivity index (χ3v) is 3.37. The molecule has 1 aromatic carbocycles. The minimum Gasteiger partial charge on any atom is -0.137 e. The van der Waals surface area contributed by atoms with E-state index in [1.807, 2.05) is 6.07 Å². The first-order chi connectivity index (χ1) is 6.66. The summed E-state index contributed by atoms with van der Waals surface area (Å²) in [6.07, 6.45) is 0. The van der Waals surface area contributed by atoms with Crippen LogP contribution in [0.4, 0.5) is 0 Å². The second-order valence-electron chi connectivity index (χ2n) is 2.49. The summed E-state index contributed by atoms with van der Waals surface area (Å²) in [6, 6.07) is 5.28. The second-order valence-corrected chi connectivity index (χ2v) is 4.86. The van der Waals surface area contributed by atoms with Gasteiger partial charge < -0.3 is 0 Å². The highest BCUT2D eigenvalue weighted by atomic mass is 35.5. The average Bonchev–Trinajstić information content (AvgIpc) is 2.57. The predicted octanol–water partition coefficient (Wildman–Crippen LogP) is 4.17. The Labute approximate surface area is 99.4 Å². The number of hydrogen-bond donors (Lipinski definition) is 0. The van der Waals surface area contributed by atoms with Gasteiger partial charge in [0, 0.05) is 5.56 Å². The van der Waals surface area contributed by atoms with E-state index in [0.717, 1.165) is 10.6 Å². The van der Waals surface area contributed by atoms with E-state index in [4.69, 9.17) is 34.8 Å². The van der Waals surface area contributed by atoms with Gasteiger partial charge in [-0.3, -0.25) is 0 Å². The van der Waals surface area contributed by atoms with Crippen molar-refractivity contribution in [2.75, 3.05) is 0 Å². The van der Waals surface area contributed by atoms with Crippen LogP contribution in [-0.4, -0.2) is 10.2 Å². The molecule has 6 heteroatoms. The maximum atomic E-state index is 5.86. The van der Waals surface area contributed by atoms with Crippen LogP contribution in [0.3, 0.4) is 0 Å². The van der Waals surface area contributed by atoms with Crippen molar-refractivity contribution >= 4 is 46.1 Å². The van der Waals surface area contributed by atoms with Crippen LogP contribution in [0.1, 0.15) is 0 Å². The van der Waals surface area contributed by atoms with Crippen molar-refractivity contribution in [1.82, 2.24) is 10.2 Å². The lowest BCUT2D eigenvalue weighted by Gasteiger charge is -1.97. The molecule has 0 radical (unpaired) electrons. The van der Waals surface area contributed by atoms with Crippen molar-refractivity contribution in [3.8, 4) is 10.6 Å². The van der Waals surface area contributed by atoms with Gasteiger partial charge >= 0.3 is 0 Å². The summed E-state index contributed by atoms with van der Waals surface area (Å²) in [5.41, 5.74) is 0.865. The van der Waals surface area contributed by atoms with Gasteiger partial charge in [-0.25, -0.2) is 0 Å². The highest BCUT2D eigenvalue weighted by molar-refractivity contribution is 7.18. The quantitative estimate of drug-likeness (QED) is 0.773. The fraction of sp³-hybridized carbons (Fsp3) is 0. The first kappa shape index (κ1) is 10.2. The maximum absolute atomic E-state index is 5.86. The molecule has 0 N–H and O–H groups in total. The van der Waals surface area contributed by atoms with Crippen LogP contribution in [0, 0.1) is 0 Å². The number of nitrogens with zero attached hydrogens (tertiary/aromatic N) is 2. The standard InChI is InChI=1S/C8H3Cl3N2S/c9-5-2-1-4(3-6(5)10)7-12-13-8(11)14-7/h1-3H. The summed E-state index contributed by atoms with van der Waals surface area (Å²) in [4.78, 5) is 0. The molecule has 72 valence electrons. The molecule has 0 aliphatic heterocycles. The normalized spacial score (nSPS) is 10.5. The SMILES string of the molecule is Clc1nnc(-c2ccc(Cl)c(Cl)c2)s1. The molecule has 1 heterocycles. The van der Waals surface area contributed by atoms with Crippen LogP contribution in [0.2, 0.25) is 14.5 Å². The molecule has 0 bridgehead atoms. The van der Waals surface area contributed by atoms with Gasteiger partial charge in [0.1, 0.15) is 5.01 Å². The highest BCUT2D eigenvalue weighted by Gasteiger charge is 2.06. The van der Waals surface area contributed by atoms with E-state index in [2.05, 4.69) is 10.2 Å². The lowest BCUT2D eigenvalue weighted by molar-refractivity contribution is 1.10. The zero-order valence-corrected chi connectivity index (χ0v) is 9.75. The Balaban J connectivity index is 2.47. The van der Waals surface area contributed by atoms with Crippen molar-refractivity contribution < 1.29 is 0 Å². The molecule has 2 nitrogen and oxygen atoms in total. The third kappa shape index (κ3) is 2.01. The van der Waals surface area contributed by atoms with Crippen LogP contribution in [-0.2, 0) is 0 Å². The molecular weight excluding hydrogens is 263 g/mol. The van der Waals surface area contributed by atoms with Gasteiger partial charge in [0.05, 0.1) is 10.0 Å². The Morgan fingerprint density at radius 1 is 1.00 bits per heavy atom. The molecule has 0 fully saturated rings. The van der Waals surface area contributed by atoms with Crippen LogP contribution < -0.4 is 0 Å². The number of hydrogen-bond acceptors (Lipinski definition) is 3. The van der Waals surface area contributed by atoms with Gasteiger partial charge in [0.15, 0.2) is 0 Å². The van der Waals surface area contributed by atoms with E-state index in [1.165, 1.54) is 11.3 Å². The van der Waals surface area contributed by atoms with Gasteiger partial charge in [-0.15, -0.1) is 10.2 Å². The van der Waals surface area contributed by atoms with Crippen molar-refractivity contribution in [2.24, 2.45) is 0 Å². The summed E-state index contributed by atoms with van der Waals surface area (Å²) < 4.78 is 0.408. The van der Waals surface area contributed by atoms with Crippen molar-refractivity contribution in [1.29, 1.82) is 0 Å². The molecule has 0 saturated carbocycles. The van der Waals surface area contributed by atoms with E-state index in [-0.39, 0.29) is 0 Å². The smallest absolute Gasteiger partial charge is 0.137 e. The van der Waals surface area contributed by atoms with Gasteiger partial charge in [0.25, 0.3) is 0 Å². The molecule has 0 unspecified atom stereocenters. The molecule has 2 aromatic rings. The van der Waals surface area contributed by atoms with Gasteiger partial charge in [-0.1, -0.05) is 40.6 Å². The van der Waals surface area contributed by atoms with Gasteiger partial charge in [0.2, 0.25) is 4.47 Å². The van der Waals surface area contributed by atoms with Gasteiger partial charge in [-0.05, 0) is 23.7 Å². The topological polar surface area (TPSA) is 25.8 Å². The maximum Gasteiger partial charge on any atom is 0.207 e. The number of rotatable bonds is 1. The zero-order valence-electron chi connectivity index (χ0n) is 6.67. The van der Waals surface area contributed by atoms with Crippen molar-refractivity contribution in [3.63, 3.8) is 0 Å². The first-order valence-electron chi connectivity index (χ1n) is 3.61. The average molecular weight is 266 g/mol. The summed E-state index contributed by atoms with van der Waals surface area (Å²) in [5.74, 6) is 0. The number of halogens is 3. The molecule has 14 heavy (non-hydrogen) atoms. The van der Waals surface area contributed by atoms with E-state index in [1.54, 1.807) is 12.1 Å². The van der Waals surface area contributed by atoms with Crippen LogP contribution in [0.15, 0.2) is 18.2 Å². The minimum atomic E-state index is 0.408. The van der Waals surface area contributed by atoms with Crippen molar-refractivity contribution in [3.05, 3.63) is 32.7 Å². The Kier molecular flexibility index (Phi) is 2.93. The number of aromatic nitrogens is 2. The summed E-state index contributed by atoms with van der Waals surface area (Å²) in [7, 11) is 0. The molecule has 0 aliphatic carbocycles. The first-order valence-corrected chi connectivity index (χ1v) is 5.56. The Morgan fingerprint density at radius 3 is 2.36 bits per heavy atom. The van der Waals surface area contributed by atoms with E-state index in [0.29, 0.717) is 14.5 Å². The molecule has 2 rings (SSSR count). The predicted molar refractivity (Wildman–Crippen MR) is 60.4 cm³/mol. The monoisotopic (exact) mass is 264 g/mol. The zero-order chi connectivity index (χ0) is 10.1. The largest absolute Gasteiger partial charge is 0.207 e. The highest BCUT2D eigenvalue weighted by Crippen LogP contribution is 2.31. The molecule has 0 spiro atoms.